The zero-order chi connectivity index (χ0) is 22.9. The fourth-order valence-electron chi connectivity index (χ4n) is 3.83. The Morgan fingerprint density at radius 1 is 0.806 bits per heavy atom. The third kappa shape index (κ3) is 12.5. The summed E-state index contributed by atoms with van der Waals surface area (Å²) in [5.41, 5.74) is 0. The van der Waals surface area contributed by atoms with Crippen LogP contribution in [0.2, 0.25) is 0 Å². The van der Waals surface area contributed by atoms with Crippen molar-refractivity contribution in [1.82, 2.24) is 5.32 Å². The molecule has 6 N–H and O–H groups in total. The Balaban J connectivity index is 1.94. The molecule has 1 fully saturated rings. The molecule has 1 rings (SSSR count). The molecule has 6 atom stereocenters. The number of aliphatic hydroxyl groups excluding tert-OH is 5. The largest absolute Gasteiger partial charge is 0.394 e. The van der Waals surface area contributed by atoms with E-state index in [-0.39, 0.29) is 6.61 Å². The van der Waals surface area contributed by atoms with E-state index in [4.69, 9.17) is 14.6 Å². The minimum atomic E-state index is -1.48. The van der Waals surface area contributed by atoms with Crippen LogP contribution in [0.4, 0.5) is 0 Å². The minimum Gasteiger partial charge on any atom is -0.394 e. The molecular weight excluding hydrogens is 402 g/mol. The maximum Gasteiger partial charge on any atom is 0.186 e. The molecule has 0 radical (unpaired) electrons. The van der Waals surface area contributed by atoms with Crippen molar-refractivity contribution in [3.8, 4) is 0 Å². The molecule has 8 nitrogen and oxygen atoms in total. The van der Waals surface area contributed by atoms with Crippen LogP contribution in [0.3, 0.4) is 0 Å². The Bertz CT molecular complexity index is 413. The zero-order valence-corrected chi connectivity index (χ0v) is 19.3. The summed E-state index contributed by atoms with van der Waals surface area (Å²) in [7, 11) is 0. The van der Waals surface area contributed by atoms with Crippen LogP contribution in [0.25, 0.3) is 0 Å². The van der Waals surface area contributed by atoms with Gasteiger partial charge in [0.05, 0.1) is 19.3 Å². The molecule has 1 aliphatic heterocycles. The Kier molecular flexibility index (Phi) is 16.8. The Morgan fingerprint density at radius 3 is 1.90 bits per heavy atom. The highest BCUT2D eigenvalue weighted by atomic mass is 16.7. The second kappa shape index (κ2) is 18.1. The van der Waals surface area contributed by atoms with Crippen LogP contribution < -0.4 is 5.32 Å². The van der Waals surface area contributed by atoms with E-state index in [1.54, 1.807) is 0 Å². The van der Waals surface area contributed by atoms with Crippen molar-refractivity contribution in [1.29, 1.82) is 0 Å². The van der Waals surface area contributed by atoms with Gasteiger partial charge < -0.3 is 40.3 Å². The van der Waals surface area contributed by atoms with Crippen LogP contribution in [0.15, 0.2) is 0 Å². The number of unbranched alkanes of at least 4 members (excludes halogenated alkanes) is 11. The lowest BCUT2D eigenvalue weighted by molar-refractivity contribution is -0.304. The van der Waals surface area contributed by atoms with E-state index in [0.717, 1.165) is 13.0 Å². The first-order valence-electron chi connectivity index (χ1n) is 12.3. The van der Waals surface area contributed by atoms with Crippen molar-refractivity contribution in [3.63, 3.8) is 0 Å². The van der Waals surface area contributed by atoms with Crippen LogP contribution >= 0.6 is 0 Å². The lowest BCUT2D eigenvalue weighted by Gasteiger charge is -2.39. The molecule has 0 aromatic rings. The highest BCUT2D eigenvalue weighted by Gasteiger charge is 2.44. The van der Waals surface area contributed by atoms with Crippen molar-refractivity contribution in [3.05, 3.63) is 0 Å². The summed E-state index contributed by atoms with van der Waals surface area (Å²) in [6, 6.07) is 0. The van der Waals surface area contributed by atoms with Gasteiger partial charge in [0.25, 0.3) is 0 Å². The van der Waals surface area contributed by atoms with Gasteiger partial charge in [-0.15, -0.1) is 0 Å². The molecule has 0 spiro atoms. The van der Waals surface area contributed by atoms with E-state index in [2.05, 4.69) is 12.2 Å². The molecule has 0 saturated carbocycles. The van der Waals surface area contributed by atoms with Gasteiger partial charge in [-0.1, -0.05) is 77.6 Å². The fraction of sp³-hybridized carbons (Fsp3) is 1.00. The summed E-state index contributed by atoms with van der Waals surface area (Å²) < 4.78 is 10.6. The Labute approximate surface area is 188 Å². The molecule has 0 bridgehead atoms. The monoisotopic (exact) mass is 449 g/mol. The van der Waals surface area contributed by atoms with Gasteiger partial charge >= 0.3 is 0 Å². The van der Waals surface area contributed by atoms with Gasteiger partial charge in [-0.25, -0.2) is 0 Å². The molecule has 1 aliphatic rings. The number of rotatable bonds is 19. The van der Waals surface area contributed by atoms with Gasteiger partial charge in [-0.2, -0.15) is 0 Å². The summed E-state index contributed by atoms with van der Waals surface area (Å²) in [4.78, 5) is 0. The number of ether oxygens (including phenoxy) is 2. The topological polar surface area (TPSA) is 132 Å². The van der Waals surface area contributed by atoms with Crippen LogP contribution in [-0.2, 0) is 9.47 Å². The van der Waals surface area contributed by atoms with Gasteiger partial charge in [-0.05, 0) is 13.0 Å². The predicted molar refractivity (Wildman–Crippen MR) is 120 cm³/mol. The first-order valence-corrected chi connectivity index (χ1v) is 12.3. The van der Waals surface area contributed by atoms with Gasteiger partial charge in [0, 0.05) is 6.54 Å². The number of hydrogen-bond acceptors (Lipinski definition) is 8. The maximum absolute atomic E-state index is 10.0. The fourth-order valence-corrected chi connectivity index (χ4v) is 3.83. The molecule has 1 unspecified atom stereocenters. The smallest absolute Gasteiger partial charge is 0.186 e. The van der Waals surface area contributed by atoms with Crippen molar-refractivity contribution in [2.75, 3.05) is 26.3 Å². The van der Waals surface area contributed by atoms with Gasteiger partial charge in [0.1, 0.15) is 24.4 Å². The van der Waals surface area contributed by atoms with Crippen LogP contribution in [-0.4, -0.2) is 88.6 Å². The summed E-state index contributed by atoms with van der Waals surface area (Å²) in [5.74, 6) is 0. The van der Waals surface area contributed by atoms with E-state index in [9.17, 15) is 20.4 Å². The van der Waals surface area contributed by atoms with Crippen LogP contribution in [0, 0.1) is 0 Å². The van der Waals surface area contributed by atoms with Crippen molar-refractivity contribution >= 4 is 0 Å². The molecule has 0 aromatic heterocycles. The third-order valence-corrected chi connectivity index (χ3v) is 5.89. The Morgan fingerprint density at radius 2 is 1.35 bits per heavy atom. The lowest BCUT2D eigenvalue weighted by atomic mass is 9.99. The van der Waals surface area contributed by atoms with Gasteiger partial charge in [-0.3, -0.25) is 0 Å². The second-order valence-electron chi connectivity index (χ2n) is 8.78. The van der Waals surface area contributed by atoms with Crippen molar-refractivity contribution in [2.45, 2.75) is 121 Å². The van der Waals surface area contributed by atoms with Gasteiger partial charge in [0.15, 0.2) is 6.29 Å². The zero-order valence-electron chi connectivity index (χ0n) is 19.3. The Hall–Kier alpha value is -0.320. The summed E-state index contributed by atoms with van der Waals surface area (Å²) in [6.45, 7) is 2.84. The van der Waals surface area contributed by atoms with Crippen LogP contribution in [0.5, 0.6) is 0 Å². The SMILES string of the molecule is CCCCCCCCCCCCCCNCC(O)CO[C@H]1O[C@H](CO)[C@H](O)[C@H](O)[C@H]1O. The summed E-state index contributed by atoms with van der Waals surface area (Å²) in [6.07, 6.45) is 8.34. The number of aliphatic hydroxyl groups is 5. The maximum atomic E-state index is 10.0. The summed E-state index contributed by atoms with van der Waals surface area (Å²) in [5, 5.41) is 51.7. The minimum absolute atomic E-state index is 0.0892. The molecule has 1 heterocycles. The van der Waals surface area contributed by atoms with E-state index >= 15 is 0 Å². The second-order valence-corrected chi connectivity index (χ2v) is 8.78. The average Bonchev–Trinajstić information content (AvgIpc) is 2.77. The highest BCUT2D eigenvalue weighted by molar-refractivity contribution is 4.88. The molecule has 31 heavy (non-hydrogen) atoms. The van der Waals surface area contributed by atoms with E-state index in [0.29, 0.717) is 6.54 Å². The normalized spacial score (nSPS) is 27.5. The van der Waals surface area contributed by atoms with Crippen LogP contribution in [0.1, 0.15) is 84.0 Å². The quantitative estimate of drug-likeness (QED) is 0.163. The average molecular weight is 450 g/mol. The number of hydrogen-bond donors (Lipinski definition) is 6. The molecule has 8 heteroatoms. The lowest BCUT2D eigenvalue weighted by Crippen LogP contribution is -2.59. The first kappa shape index (κ1) is 28.7. The standard InChI is InChI=1S/C23H47NO7/c1-2-3-4-5-6-7-8-9-10-11-12-13-14-24-15-18(26)17-30-23-22(29)21(28)20(27)19(16-25)31-23/h18-29H,2-17H2,1H3/t18?,19-,20+,21+,22-,23+/m1/s1. The highest BCUT2D eigenvalue weighted by Crippen LogP contribution is 2.22. The van der Waals surface area contributed by atoms with E-state index in [1.807, 2.05) is 0 Å². The molecule has 186 valence electrons. The van der Waals surface area contributed by atoms with E-state index < -0.39 is 43.4 Å². The number of nitrogens with one attached hydrogen (secondary N) is 1. The summed E-state index contributed by atoms with van der Waals surface area (Å²) >= 11 is 0. The van der Waals surface area contributed by atoms with Gasteiger partial charge in [0.2, 0.25) is 0 Å². The predicted octanol–water partition coefficient (Wildman–Crippen LogP) is 1.45. The first-order chi connectivity index (χ1) is 15.0. The third-order valence-electron chi connectivity index (χ3n) is 5.89. The molecular formula is C23H47NO7. The molecule has 0 aromatic carbocycles. The molecule has 0 amide bonds. The van der Waals surface area contributed by atoms with E-state index in [1.165, 1.54) is 70.6 Å². The van der Waals surface area contributed by atoms with Crippen molar-refractivity contribution < 1.29 is 35.0 Å². The molecule has 0 aliphatic carbocycles. The van der Waals surface area contributed by atoms with Crippen molar-refractivity contribution in [2.24, 2.45) is 0 Å². The molecule has 1 saturated heterocycles.